The van der Waals surface area contributed by atoms with Gasteiger partial charge in [0.1, 0.15) is 17.4 Å². The normalized spacial score (nSPS) is 19.0. The van der Waals surface area contributed by atoms with Crippen LogP contribution in [0.25, 0.3) is 10.9 Å². The number of fused-ring (bicyclic) bond motifs is 1. The summed E-state index contributed by atoms with van der Waals surface area (Å²) in [6, 6.07) is 6.65. The van der Waals surface area contributed by atoms with Crippen molar-refractivity contribution in [1.29, 1.82) is 0 Å². The molecule has 1 fully saturated rings. The Morgan fingerprint density at radius 1 is 1.16 bits per heavy atom. The zero-order valence-electron chi connectivity index (χ0n) is 18.0. The van der Waals surface area contributed by atoms with Crippen LogP contribution >= 0.6 is 0 Å². The van der Waals surface area contributed by atoms with Gasteiger partial charge in [-0.3, -0.25) is 9.48 Å². The number of nitrogens with one attached hydrogen (secondary N) is 1. The molecule has 1 amide bonds. The third kappa shape index (κ3) is 4.40. The first-order valence-electron chi connectivity index (χ1n) is 10.7. The first kappa shape index (κ1) is 21.3. The number of hydrogen-bond acceptors (Lipinski definition) is 3. The largest absolute Gasteiger partial charge is 0.494 e. The van der Waals surface area contributed by atoms with Gasteiger partial charge in [0.15, 0.2) is 0 Å². The number of hydrogen-bond donors (Lipinski definition) is 1. The minimum absolute atomic E-state index is 0.354. The van der Waals surface area contributed by atoms with Gasteiger partial charge in [-0.25, -0.2) is 8.78 Å². The highest BCUT2D eigenvalue weighted by Gasteiger charge is 2.25. The van der Waals surface area contributed by atoms with Gasteiger partial charge in [-0.2, -0.15) is 5.10 Å². The van der Waals surface area contributed by atoms with Crippen molar-refractivity contribution in [2.45, 2.75) is 45.6 Å². The molecule has 3 aromatic rings. The fourth-order valence-corrected chi connectivity index (χ4v) is 4.42. The molecule has 7 heteroatoms. The molecule has 4 rings (SSSR count). The molecule has 5 nitrogen and oxygen atoms in total. The van der Waals surface area contributed by atoms with Gasteiger partial charge in [0.25, 0.3) is 5.91 Å². The lowest BCUT2D eigenvalue weighted by Crippen LogP contribution is -2.21. The molecule has 0 bridgehead atoms. The summed E-state index contributed by atoms with van der Waals surface area (Å²) in [6.45, 7) is 4.57. The van der Waals surface area contributed by atoms with Crippen molar-refractivity contribution in [3.8, 4) is 5.75 Å². The standard InChI is InChI=1S/C24H27F2N3O2/c1-14(2)15-4-7-18(8-5-15)29-13-16-10-22(23(31-3)12-21(16)28-29)27-24(30)19-11-17(25)6-9-20(19)26/h6,9-15,18H,4-5,7-8H2,1-3H3,(H,27,30)/t15-,18-. The SMILES string of the molecule is COc1cc2nn([C@H]3CC[C@H](C(C)C)CC3)cc2cc1NC(=O)c1cc(F)ccc1F. The maximum atomic E-state index is 14.0. The highest BCUT2D eigenvalue weighted by atomic mass is 19.1. The van der Waals surface area contributed by atoms with Crippen molar-refractivity contribution in [1.82, 2.24) is 9.78 Å². The van der Waals surface area contributed by atoms with Crippen LogP contribution < -0.4 is 10.1 Å². The van der Waals surface area contributed by atoms with E-state index in [0.29, 0.717) is 23.4 Å². The summed E-state index contributed by atoms with van der Waals surface area (Å²) in [5, 5.41) is 8.22. The van der Waals surface area contributed by atoms with Crippen LogP contribution in [0.5, 0.6) is 5.75 Å². The lowest BCUT2D eigenvalue weighted by atomic mass is 9.80. The second-order valence-electron chi connectivity index (χ2n) is 8.61. The molecular formula is C24H27F2N3O2. The Morgan fingerprint density at radius 2 is 1.90 bits per heavy atom. The van der Waals surface area contributed by atoms with Crippen LogP contribution in [0.1, 0.15) is 55.9 Å². The number of carbonyl (C=O) groups excluding carboxylic acids is 1. The van der Waals surface area contributed by atoms with Gasteiger partial charge in [0.05, 0.1) is 29.9 Å². The number of amides is 1. The van der Waals surface area contributed by atoms with Gasteiger partial charge < -0.3 is 10.1 Å². The van der Waals surface area contributed by atoms with E-state index >= 15 is 0 Å². The second kappa shape index (κ2) is 8.65. The smallest absolute Gasteiger partial charge is 0.258 e. The summed E-state index contributed by atoms with van der Waals surface area (Å²) in [5.74, 6) is -0.325. The van der Waals surface area contributed by atoms with E-state index in [9.17, 15) is 13.6 Å². The van der Waals surface area contributed by atoms with E-state index in [1.807, 2.05) is 10.9 Å². The average molecular weight is 427 g/mol. The van der Waals surface area contributed by atoms with Gasteiger partial charge in [-0.15, -0.1) is 0 Å². The molecule has 1 saturated carbocycles. The summed E-state index contributed by atoms with van der Waals surface area (Å²) < 4.78 is 34.9. The number of benzene rings is 2. The van der Waals surface area contributed by atoms with Crippen molar-refractivity contribution < 1.29 is 18.3 Å². The number of aromatic nitrogens is 2. The van der Waals surface area contributed by atoms with Crippen LogP contribution in [0.15, 0.2) is 36.5 Å². The lowest BCUT2D eigenvalue weighted by molar-refractivity contribution is 0.102. The number of halogens is 2. The van der Waals surface area contributed by atoms with E-state index in [4.69, 9.17) is 9.84 Å². The Hall–Kier alpha value is -2.96. The Balaban J connectivity index is 1.59. The van der Waals surface area contributed by atoms with Crippen molar-refractivity contribution in [2.75, 3.05) is 12.4 Å². The second-order valence-corrected chi connectivity index (χ2v) is 8.61. The maximum absolute atomic E-state index is 14.0. The van der Waals surface area contributed by atoms with Gasteiger partial charge in [0, 0.05) is 17.6 Å². The molecule has 0 atom stereocenters. The third-order valence-electron chi connectivity index (χ3n) is 6.32. The van der Waals surface area contributed by atoms with Crippen molar-refractivity contribution in [3.63, 3.8) is 0 Å². The minimum Gasteiger partial charge on any atom is -0.494 e. The highest BCUT2D eigenvalue weighted by molar-refractivity contribution is 6.06. The third-order valence-corrected chi connectivity index (χ3v) is 6.32. The van der Waals surface area contributed by atoms with Crippen LogP contribution in [0.3, 0.4) is 0 Å². The fourth-order valence-electron chi connectivity index (χ4n) is 4.42. The molecule has 1 N–H and O–H groups in total. The van der Waals surface area contributed by atoms with Crippen LogP contribution in [0.2, 0.25) is 0 Å². The van der Waals surface area contributed by atoms with Crippen LogP contribution in [-0.4, -0.2) is 22.8 Å². The Morgan fingerprint density at radius 3 is 2.58 bits per heavy atom. The minimum atomic E-state index is -0.788. The predicted octanol–water partition coefficient (Wildman–Crippen LogP) is 5.96. The Labute approximate surface area is 180 Å². The summed E-state index contributed by atoms with van der Waals surface area (Å²) >= 11 is 0. The lowest BCUT2D eigenvalue weighted by Gasteiger charge is -2.30. The maximum Gasteiger partial charge on any atom is 0.258 e. The highest BCUT2D eigenvalue weighted by Crippen LogP contribution is 2.37. The number of ether oxygens (including phenoxy) is 1. The summed E-state index contributed by atoms with van der Waals surface area (Å²) in [4.78, 5) is 12.5. The molecule has 164 valence electrons. The molecule has 0 saturated heterocycles. The van der Waals surface area contributed by atoms with Gasteiger partial charge in [-0.1, -0.05) is 13.8 Å². The van der Waals surface area contributed by atoms with Gasteiger partial charge in [-0.05, 0) is 61.8 Å². The summed E-state index contributed by atoms with van der Waals surface area (Å²) in [7, 11) is 1.49. The molecule has 1 aliphatic rings. The first-order chi connectivity index (χ1) is 14.9. The molecule has 0 unspecified atom stereocenters. The number of rotatable bonds is 5. The molecule has 31 heavy (non-hydrogen) atoms. The summed E-state index contributed by atoms with van der Waals surface area (Å²) in [6.07, 6.45) is 6.56. The average Bonchev–Trinajstić information content (AvgIpc) is 3.17. The zero-order valence-corrected chi connectivity index (χ0v) is 18.0. The number of nitrogens with zero attached hydrogens (tertiary/aromatic N) is 2. The summed E-state index contributed by atoms with van der Waals surface area (Å²) in [5.41, 5.74) is 0.782. The monoisotopic (exact) mass is 427 g/mol. The molecule has 1 aliphatic carbocycles. The van der Waals surface area contributed by atoms with Gasteiger partial charge >= 0.3 is 0 Å². The molecule has 2 aromatic carbocycles. The molecular weight excluding hydrogens is 400 g/mol. The van der Waals surface area contributed by atoms with Crippen LogP contribution in [-0.2, 0) is 0 Å². The predicted molar refractivity (Wildman–Crippen MR) is 116 cm³/mol. The quantitative estimate of drug-likeness (QED) is 0.546. The van der Waals surface area contributed by atoms with E-state index in [0.717, 1.165) is 47.9 Å². The zero-order chi connectivity index (χ0) is 22.1. The van der Waals surface area contributed by atoms with Crippen molar-refractivity contribution in [3.05, 3.63) is 53.7 Å². The molecule has 1 aromatic heterocycles. The van der Waals surface area contributed by atoms with Crippen molar-refractivity contribution >= 4 is 22.5 Å². The number of methoxy groups -OCH3 is 1. The topological polar surface area (TPSA) is 56.1 Å². The molecule has 0 aliphatic heterocycles. The van der Waals surface area contributed by atoms with Crippen LogP contribution in [0.4, 0.5) is 14.5 Å². The van der Waals surface area contributed by atoms with E-state index in [1.54, 1.807) is 12.1 Å². The van der Waals surface area contributed by atoms with E-state index in [2.05, 4.69) is 19.2 Å². The molecule has 0 spiro atoms. The fraction of sp³-hybridized carbons (Fsp3) is 0.417. The van der Waals surface area contributed by atoms with Gasteiger partial charge in [0.2, 0.25) is 0 Å². The molecule has 1 heterocycles. The van der Waals surface area contributed by atoms with Crippen molar-refractivity contribution in [2.24, 2.45) is 11.8 Å². The van der Waals surface area contributed by atoms with E-state index in [1.165, 1.54) is 20.0 Å². The Bertz CT molecular complexity index is 1100. The van der Waals surface area contributed by atoms with E-state index < -0.39 is 17.5 Å². The Kier molecular flexibility index (Phi) is 5.94. The van der Waals surface area contributed by atoms with Crippen LogP contribution in [0, 0.1) is 23.5 Å². The number of carbonyl (C=O) groups is 1. The molecule has 0 radical (unpaired) electrons. The van der Waals surface area contributed by atoms with E-state index in [-0.39, 0.29) is 5.56 Å². The first-order valence-corrected chi connectivity index (χ1v) is 10.7. The number of anilines is 1.